The largest absolute Gasteiger partial charge is 0.462 e. The van der Waals surface area contributed by atoms with Crippen LogP contribution in [0.25, 0.3) is 0 Å². The Hall–Kier alpha value is -3.64. The fourth-order valence-corrected chi connectivity index (χ4v) is 7.51. The first-order valence-corrected chi connectivity index (χ1v) is 17.2. The molecule has 49 heavy (non-hydrogen) atoms. The van der Waals surface area contributed by atoms with E-state index in [2.05, 4.69) is 27.3 Å². The number of fused-ring (bicyclic) bond motifs is 1. The van der Waals surface area contributed by atoms with Crippen molar-refractivity contribution in [1.29, 1.82) is 5.26 Å². The second kappa shape index (κ2) is 15.1. The topological polar surface area (TPSA) is 101 Å². The Morgan fingerprint density at radius 2 is 1.92 bits per heavy atom. The van der Waals surface area contributed by atoms with Crippen LogP contribution in [0.5, 0.6) is 6.01 Å². The van der Waals surface area contributed by atoms with Crippen molar-refractivity contribution in [3.8, 4) is 12.1 Å². The second-order valence-corrected chi connectivity index (χ2v) is 13.5. The van der Waals surface area contributed by atoms with Crippen LogP contribution in [0.2, 0.25) is 5.02 Å². The number of likely N-dealkylation sites (N-methyl/N-ethyl adjacent to an activating group) is 1. The number of aromatic nitrogens is 2. The highest BCUT2D eigenvalue weighted by Crippen LogP contribution is 2.43. The van der Waals surface area contributed by atoms with Crippen molar-refractivity contribution >= 4 is 29.0 Å². The molecular formula is C34H42ClF3N8O3. The van der Waals surface area contributed by atoms with Crippen LogP contribution in [0.15, 0.2) is 30.4 Å². The fourth-order valence-electron chi connectivity index (χ4n) is 7.23. The lowest BCUT2D eigenvalue weighted by molar-refractivity contribution is -0.137. The van der Waals surface area contributed by atoms with Gasteiger partial charge >= 0.3 is 12.2 Å². The summed E-state index contributed by atoms with van der Waals surface area (Å²) in [5.74, 6) is 0.460. The number of alkyl halides is 3. The fraction of sp³-hybridized carbons (Fsp3) is 0.588. The summed E-state index contributed by atoms with van der Waals surface area (Å²) in [5.41, 5.74) is 1.01. The predicted molar refractivity (Wildman–Crippen MR) is 179 cm³/mol. The monoisotopic (exact) mass is 702 g/mol. The summed E-state index contributed by atoms with van der Waals surface area (Å²) < 4.78 is 54.0. The predicted octanol–water partition coefficient (Wildman–Crippen LogP) is 4.00. The smallest absolute Gasteiger partial charge is 0.419 e. The summed E-state index contributed by atoms with van der Waals surface area (Å²) in [6, 6.07) is 6.41. The third kappa shape index (κ3) is 7.90. The zero-order chi connectivity index (χ0) is 34.7. The molecule has 4 aliphatic heterocycles. The van der Waals surface area contributed by atoms with Crippen LogP contribution in [-0.4, -0.2) is 122 Å². The standard InChI is InChI=1S/C34H42ClF3N8O3/c1-23(19-43-15-17-48-18-16-43)32(47)46-14-13-45(20-24(46)8-10-39)31-26-9-12-44(29-7-3-6-27(35)30(29)34(36,37)38)21-28(26)40-33(41-31)49-22-25-5-4-11-42(25)2/h3,6-7,24-25H,1,4-5,8-9,11-22H2,2H3/t24-,25-/m0/s1. The molecular weight excluding hydrogens is 661 g/mol. The first kappa shape index (κ1) is 35.2. The molecule has 2 aromatic rings. The second-order valence-electron chi connectivity index (χ2n) is 13.1. The van der Waals surface area contributed by atoms with E-state index in [-0.39, 0.29) is 41.6 Å². The number of halogens is 4. The minimum atomic E-state index is -4.63. The van der Waals surface area contributed by atoms with E-state index < -0.39 is 17.8 Å². The first-order chi connectivity index (χ1) is 23.5. The summed E-state index contributed by atoms with van der Waals surface area (Å²) in [7, 11) is 2.05. The first-order valence-electron chi connectivity index (χ1n) is 16.8. The molecule has 1 aromatic heterocycles. The highest BCUT2D eigenvalue weighted by molar-refractivity contribution is 6.31. The SMILES string of the molecule is C=C(CN1CCOCC1)C(=O)N1CCN(c2nc(OC[C@@H]3CCCN3C)nc3c2CCN(c2cccc(Cl)c2C(F)(F)F)C3)C[C@@H]1CC#N. The Morgan fingerprint density at radius 3 is 2.63 bits per heavy atom. The molecule has 0 radical (unpaired) electrons. The molecule has 5 heterocycles. The van der Waals surface area contributed by atoms with Crippen LogP contribution in [0.3, 0.4) is 0 Å². The number of piperazine rings is 1. The summed E-state index contributed by atoms with van der Waals surface area (Å²) in [4.78, 5) is 33.1. The number of hydrogen-bond donors (Lipinski definition) is 0. The third-order valence-electron chi connectivity index (χ3n) is 9.91. The number of likely N-dealkylation sites (tertiary alicyclic amines) is 1. The summed E-state index contributed by atoms with van der Waals surface area (Å²) in [6.45, 7) is 10.1. The number of carbonyl (C=O) groups is 1. The summed E-state index contributed by atoms with van der Waals surface area (Å²) in [6.07, 6.45) is -2.06. The number of morpholine rings is 1. The molecule has 3 saturated heterocycles. The molecule has 15 heteroatoms. The van der Waals surface area contributed by atoms with Crippen LogP contribution in [-0.2, 0) is 28.7 Å². The van der Waals surface area contributed by atoms with Crippen LogP contribution < -0.4 is 14.5 Å². The van der Waals surface area contributed by atoms with Gasteiger partial charge in [0.25, 0.3) is 5.91 Å². The van der Waals surface area contributed by atoms with Crippen molar-refractivity contribution in [2.24, 2.45) is 0 Å². The number of rotatable bonds is 9. The summed E-state index contributed by atoms with van der Waals surface area (Å²) in [5, 5.41) is 9.39. The van der Waals surface area contributed by atoms with E-state index in [9.17, 15) is 23.2 Å². The van der Waals surface area contributed by atoms with Gasteiger partial charge < -0.3 is 29.1 Å². The summed E-state index contributed by atoms with van der Waals surface area (Å²) >= 11 is 6.08. The zero-order valence-corrected chi connectivity index (χ0v) is 28.5. The molecule has 6 rings (SSSR count). The Kier molecular flexibility index (Phi) is 10.8. The molecule has 0 N–H and O–H groups in total. The molecule has 0 spiro atoms. The van der Waals surface area contributed by atoms with E-state index >= 15 is 0 Å². The third-order valence-corrected chi connectivity index (χ3v) is 10.2. The van der Waals surface area contributed by atoms with E-state index in [1.54, 1.807) is 9.80 Å². The molecule has 0 saturated carbocycles. The van der Waals surface area contributed by atoms with Crippen molar-refractivity contribution < 1.29 is 27.4 Å². The average Bonchev–Trinajstić information content (AvgIpc) is 3.50. The quantitative estimate of drug-likeness (QED) is 0.357. The molecule has 0 aliphatic carbocycles. The van der Waals surface area contributed by atoms with Gasteiger partial charge in [0.15, 0.2) is 0 Å². The van der Waals surface area contributed by atoms with Gasteiger partial charge in [-0.15, -0.1) is 0 Å². The Labute approximate surface area is 289 Å². The average molecular weight is 703 g/mol. The van der Waals surface area contributed by atoms with Crippen molar-refractivity contribution in [1.82, 2.24) is 24.7 Å². The normalized spacial score (nSPS) is 22.2. The number of carbonyl (C=O) groups excluding carboxylic acids is 1. The number of nitriles is 1. The minimum absolute atomic E-state index is 0.000574. The number of benzene rings is 1. The van der Waals surface area contributed by atoms with Crippen molar-refractivity contribution in [2.45, 2.75) is 50.5 Å². The lowest BCUT2D eigenvalue weighted by atomic mass is 10.0. The number of hydrogen-bond acceptors (Lipinski definition) is 10. The maximum atomic E-state index is 14.1. The zero-order valence-electron chi connectivity index (χ0n) is 27.7. The van der Waals surface area contributed by atoms with Gasteiger partial charge in [-0.2, -0.15) is 28.4 Å². The molecule has 1 amide bonds. The highest BCUT2D eigenvalue weighted by atomic mass is 35.5. The number of ether oxygens (including phenoxy) is 2. The van der Waals surface area contributed by atoms with Gasteiger partial charge in [-0.05, 0) is 45.0 Å². The molecule has 264 valence electrons. The van der Waals surface area contributed by atoms with Crippen LogP contribution >= 0.6 is 11.6 Å². The van der Waals surface area contributed by atoms with E-state index in [0.717, 1.165) is 38.0 Å². The maximum Gasteiger partial charge on any atom is 0.419 e. The Bertz CT molecular complexity index is 1580. The van der Waals surface area contributed by atoms with Crippen LogP contribution in [0.1, 0.15) is 36.1 Å². The molecule has 0 bridgehead atoms. The van der Waals surface area contributed by atoms with Crippen molar-refractivity contribution in [3.05, 3.63) is 52.2 Å². The van der Waals surface area contributed by atoms with Crippen LogP contribution in [0.4, 0.5) is 24.7 Å². The van der Waals surface area contributed by atoms with Crippen molar-refractivity contribution in [3.63, 3.8) is 0 Å². The maximum absolute atomic E-state index is 14.1. The van der Waals surface area contributed by atoms with Gasteiger partial charge in [0.1, 0.15) is 12.4 Å². The van der Waals surface area contributed by atoms with E-state index in [1.807, 2.05) is 7.05 Å². The number of nitrogens with zero attached hydrogens (tertiary/aromatic N) is 8. The van der Waals surface area contributed by atoms with E-state index in [0.29, 0.717) is 76.1 Å². The minimum Gasteiger partial charge on any atom is -0.462 e. The molecule has 11 nitrogen and oxygen atoms in total. The van der Waals surface area contributed by atoms with Crippen molar-refractivity contribution in [2.75, 3.05) is 89.0 Å². The lowest BCUT2D eigenvalue weighted by Gasteiger charge is -2.43. The lowest BCUT2D eigenvalue weighted by Crippen LogP contribution is -2.56. The molecule has 3 fully saturated rings. The Morgan fingerprint density at radius 1 is 1.12 bits per heavy atom. The highest BCUT2D eigenvalue weighted by Gasteiger charge is 2.39. The van der Waals surface area contributed by atoms with Gasteiger partial charge in [0.2, 0.25) is 0 Å². The Balaban J connectivity index is 1.27. The van der Waals surface area contributed by atoms with Gasteiger partial charge in [0, 0.05) is 63.0 Å². The molecule has 4 aliphatic rings. The van der Waals surface area contributed by atoms with Gasteiger partial charge in [-0.3, -0.25) is 9.69 Å². The van der Waals surface area contributed by atoms with Gasteiger partial charge in [-0.25, -0.2) is 0 Å². The van der Waals surface area contributed by atoms with Gasteiger partial charge in [0.05, 0.1) is 60.3 Å². The molecule has 1 aromatic carbocycles. The van der Waals surface area contributed by atoms with E-state index in [1.165, 1.54) is 18.2 Å². The molecule has 2 atom stereocenters. The van der Waals surface area contributed by atoms with E-state index in [4.69, 9.17) is 31.0 Å². The van der Waals surface area contributed by atoms with Gasteiger partial charge in [-0.1, -0.05) is 24.2 Å². The van der Waals surface area contributed by atoms with Crippen LogP contribution in [0, 0.1) is 11.3 Å². The number of anilines is 2. The number of amides is 1. The molecule has 0 unspecified atom stereocenters.